The maximum absolute atomic E-state index is 13.6. The molecule has 0 saturated heterocycles. The van der Waals surface area contributed by atoms with E-state index < -0.39 is 17.9 Å². The number of imidazole rings is 2. The van der Waals surface area contributed by atoms with Crippen LogP contribution in [0.3, 0.4) is 0 Å². The number of carboxylic acid groups (broad SMARTS) is 1. The molecule has 0 aliphatic heterocycles. The second-order valence-corrected chi connectivity index (χ2v) is 16.2. The third-order valence-electron chi connectivity index (χ3n) is 12.8. The van der Waals surface area contributed by atoms with Gasteiger partial charge in [-0.05, 0) is 82.1 Å². The Kier molecular flexibility index (Phi) is 13.2. The van der Waals surface area contributed by atoms with Crippen molar-refractivity contribution in [2.75, 3.05) is 20.8 Å². The summed E-state index contributed by atoms with van der Waals surface area (Å²) in [6, 6.07) is 22.1. The second kappa shape index (κ2) is 18.8. The molecule has 66 heavy (non-hydrogen) atoms. The lowest BCUT2D eigenvalue weighted by Gasteiger charge is -2.13. The van der Waals surface area contributed by atoms with Crippen LogP contribution in [0.1, 0.15) is 74.1 Å². The zero-order chi connectivity index (χ0) is 47.7. The molecule has 4 aromatic carbocycles. The number of hydrogen-bond acceptors (Lipinski definition) is 9. The number of hydrogen-bond donors (Lipinski definition) is 1. The molecule has 0 saturated carbocycles. The van der Waals surface area contributed by atoms with Crippen LogP contribution in [0.25, 0.3) is 43.9 Å². The van der Waals surface area contributed by atoms with E-state index in [2.05, 4.69) is 4.57 Å². The van der Waals surface area contributed by atoms with E-state index in [1.165, 1.54) is 18.8 Å². The molecule has 16 nitrogen and oxygen atoms in total. The highest BCUT2D eigenvalue weighted by molar-refractivity contribution is 6.00. The van der Waals surface area contributed by atoms with Crippen LogP contribution in [0.15, 0.2) is 82.4 Å². The molecule has 0 bridgehead atoms. The number of carbonyl (C=O) groups is 4. The van der Waals surface area contributed by atoms with Gasteiger partial charge in [0.2, 0.25) is 0 Å². The zero-order valence-corrected chi connectivity index (χ0v) is 38.7. The highest BCUT2D eigenvalue weighted by Crippen LogP contribution is 2.33. The van der Waals surface area contributed by atoms with Gasteiger partial charge < -0.3 is 28.5 Å². The molecule has 0 atom stereocenters. The predicted molar refractivity (Wildman–Crippen MR) is 252 cm³/mol. The summed E-state index contributed by atoms with van der Waals surface area (Å²) in [6.45, 7) is 10.8. The fourth-order valence-corrected chi connectivity index (χ4v) is 9.04. The van der Waals surface area contributed by atoms with Crippen LogP contribution < -0.4 is 11.4 Å². The number of benzene rings is 4. The number of nitrogens with zero attached hydrogens (tertiary/aromatic N) is 6. The third kappa shape index (κ3) is 8.18. The molecule has 4 heterocycles. The minimum atomic E-state index is -0.971. The van der Waals surface area contributed by atoms with Gasteiger partial charge in [0.1, 0.15) is 0 Å². The van der Waals surface area contributed by atoms with Crippen molar-refractivity contribution in [3.05, 3.63) is 139 Å². The van der Waals surface area contributed by atoms with Crippen molar-refractivity contribution < 1.29 is 38.5 Å². The Morgan fingerprint density at radius 2 is 0.939 bits per heavy atom. The lowest BCUT2D eigenvalue weighted by molar-refractivity contribution is -0.143. The summed E-state index contributed by atoms with van der Waals surface area (Å²) in [7, 11) is 6.59. The van der Waals surface area contributed by atoms with Gasteiger partial charge >= 0.3 is 35.3 Å². The molecule has 4 aromatic heterocycles. The summed E-state index contributed by atoms with van der Waals surface area (Å²) in [6.07, 6.45) is -0.0615. The quantitative estimate of drug-likeness (QED) is 0.0943. The van der Waals surface area contributed by atoms with E-state index >= 15 is 0 Å². The molecule has 0 amide bonds. The third-order valence-corrected chi connectivity index (χ3v) is 12.8. The standard InChI is InChI=1S/C26H29N3O5.C24H25N3O5/c1-6-34-23(30)13-14-28-21-9-7-8-10-22(21)29(26(28)32)15-20-19(25(31)33-5)12-11-18-16(2)17(3)27(4)24(18)20;1-14-15(2)25(3)22-16(14)9-10-17(23(30)32-4)18(22)13-27-20-8-6-5-7-19(20)26(24(27)31)12-11-21(28)29/h7-12H,6,13-15H2,1-5H3;5-10H,11-13H2,1-4H3,(H,28,29). The SMILES string of the molecule is CCOC(=O)CCn1c(=O)n(Cc2c(C(=O)OC)ccc3c(C)c(C)n(C)c23)c2ccccc21.COC(=O)c1ccc2c(C)c(C)n(C)c2c1Cn1c(=O)n(CCC(=O)O)c2ccccc21. The predicted octanol–water partition coefficient (Wildman–Crippen LogP) is 6.92. The number of aryl methyl sites for hydroxylation is 6. The van der Waals surface area contributed by atoms with Gasteiger partial charge in [-0.25, -0.2) is 19.2 Å². The van der Waals surface area contributed by atoms with Crippen LogP contribution in [0.4, 0.5) is 0 Å². The Morgan fingerprint density at radius 3 is 1.30 bits per heavy atom. The minimum Gasteiger partial charge on any atom is -0.481 e. The summed E-state index contributed by atoms with van der Waals surface area (Å²) < 4.78 is 25.5. The van der Waals surface area contributed by atoms with E-state index in [9.17, 15) is 28.8 Å². The lowest BCUT2D eigenvalue weighted by Crippen LogP contribution is -2.26. The smallest absolute Gasteiger partial charge is 0.338 e. The van der Waals surface area contributed by atoms with Gasteiger partial charge in [0.05, 0.1) is 91.0 Å². The molecular formula is C50H54N6O10. The second-order valence-electron chi connectivity index (χ2n) is 16.2. The van der Waals surface area contributed by atoms with Crippen LogP contribution >= 0.6 is 0 Å². The molecule has 344 valence electrons. The van der Waals surface area contributed by atoms with Crippen LogP contribution in [0, 0.1) is 27.7 Å². The molecule has 0 unspecified atom stereocenters. The number of methoxy groups -OCH3 is 2. The van der Waals surface area contributed by atoms with Crippen molar-refractivity contribution in [3.8, 4) is 0 Å². The van der Waals surface area contributed by atoms with Crippen molar-refractivity contribution in [1.82, 2.24) is 27.4 Å². The van der Waals surface area contributed by atoms with E-state index in [0.717, 1.165) is 60.9 Å². The van der Waals surface area contributed by atoms with E-state index in [4.69, 9.17) is 19.3 Å². The normalized spacial score (nSPS) is 11.3. The summed E-state index contributed by atoms with van der Waals surface area (Å²) in [5.74, 6) is -2.24. The van der Waals surface area contributed by atoms with Crippen LogP contribution in [-0.2, 0) is 64.1 Å². The van der Waals surface area contributed by atoms with Crippen LogP contribution in [0.5, 0.6) is 0 Å². The number of rotatable bonds is 13. The summed E-state index contributed by atoms with van der Waals surface area (Å²) in [4.78, 5) is 75.3. The van der Waals surface area contributed by atoms with Gasteiger partial charge in [0.15, 0.2) is 0 Å². The van der Waals surface area contributed by atoms with Gasteiger partial charge in [-0.15, -0.1) is 0 Å². The number of carbonyl (C=O) groups excluding carboxylic acids is 3. The van der Waals surface area contributed by atoms with Gasteiger partial charge in [-0.1, -0.05) is 36.4 Å². The largest absolute Gasteiger partial charge is 0.481 e. The molecule has 0 radical (unpaired) electrons. The lowest BCUT2D eigenvalue weighted by atomic mass is 10.0. The topological polar surface area (TPSA) is 180 Å². The highest BCUT2D eigenvalue weighted by Gasteiger charge is 2.25. The first kappa shape index (κ1) is 46.4. The first-order chi connectivity index (χ1) is 31.6. The Hall–Kier alpha value is -7.62. The number of ether oxygens (including phenoxy) is 3. The monoisotopic (exact) mass is 898 g/mol. The maximum Gasteiger partial charge on any atom is 0.338 e. The molecule has 0 aliphatic carbocycles. The van der Waals surface area contributed by atoms with Gasteiger partial charge in [0, 0.05) is 60.5 Å². The van der Waals surface area contributed by atoms with Crippen molar-refractivity contribution >= 4 is 67.7 Å². The van der Waals surface area contributed by atoms with Gasteiger partial charge in [0.25, 0.3) is 0 Å². The molecular weight excluding hydrogens is 845 g/mol. The van der Waals surface area contributed by atoms with E-state index in [-0.39, 0.29) is 56.4 Å². The molecule has 1 N–H and O–H groups in total. The molecule has 8 aromatic rings. The fraction of sp³-hybridized carbons (Fsp3) is 0.320. The van der Waals surface area contributed by atoms with E-state index in [0.29, 0.717) is 34.3 Å². The van der Waals surface area contributed by atoms with E-state index in [1.807, 2.05) is 101 Å². The highest BCUT2D eigenvalue weighted by atomic mass is 16.5. The molecule has 0 spiro atoms. The Bertz CT molecular complexity index is 3350. The first-order valence-electron chi connectivity index (χ1n) is 21.6. The van der Waals surface area contributed by atoms with Crippen molar-refractivity contribution in [2.24, 2.45) is 14.1 Å². The Morgan fingerprint density at radius 1 is 0.561 bits per heavy atom. The van der Waals surface area contributed by atoms with Crippen molar-refractivity contribution in [3.63, 3.8) is 0 Å². The van der Waals surface area contributed by atoms with Gasteiger partial charge in [-0.2, -0.15) is 0 Å². The number of aromatic nitrogens is 6. The summed E-state index contributed by atoms with van der Waals surface area (Å²) >= 11 is 0. The van der Waals surface area contributed by atoms with Crippen molar-refractivity contribution in [1.29, 1.82) is 0 Å². The molecule has 16 heteroatoms. The average molecular weight is 899 g/mol. The summed E-state index contributed by atoms with van der Waals surface area (Å²) in [5, 5.41) is 11.1. The van der Waals surface area contributed by atoms with Crippen LogP contribution in [0.2, 0.25) is 0 Å². The minimum absolute atomic E-state index is 0.0676. The van der Waals surface area contributed by atoms with Gasteiger partial charge in [-0.3, -0.25) is 27.9 Å². The number of fused-ring (bicyclic) bond motifs is 4. The first-order valence-corrected chi connectivity index (χ1v) is 21.6. The Labute approximate surface area is 379 Å². The number of para-hydroxylation sites is 4. The molecule has 0 aliphatic rings. The van der Waals surface area contributed by atoms with E-state index in [1.54, 1.807) is 38.8 Å². The number of carboxylic acids is 1. The summed E-state index contributed by atoms with van der Waals surface area (Å²) in [5.41, 5.74) is 10.6. The number of aliphatic carboxylic acids is 1. The zero-order valence-electron chi connectivity index (χ0n) is 38.7. The molecule has 8 rings (SSSR count). The average Bonchev–Trinajstić information content (AvgIpc) is 3.91. The number of esters is 3. The maximum atomic E-state index is 13.6. The fourth-order valence-electron chi connectivity index (χ4n) is 9.04. The van der Waals surface area contributed by atoms with Crippen molar-refractivity contribution in [2.45, 2.75) is 73.6 Å². The Balaban J connectivity index is 0.000000197. The van der Waals surface area contributed by atoms with Crippen LogP contribution in [-0.4, -0.2) is 77.2 Å². The molecule has 0 fully saturated rings.